The second-order valence-electron chi connectivity index (χ2n) is 2.80. The Bertz CT molecular complexity index is 316. The van der Waals surface area contributed by atoms with Crippen LogP contribution in [-0.4, -0.2) is 24.1 Å². The first-order valence-corrected chi connectivity index (χ1v) is 4.45. The maximum absolute atomic E-state index is 11.0. The number of nitrogens with zero attached hydrogens (tertiary/aromatic N) is 1. The first-order chi connectivity index (χ1) is 6.63. The summed E-state index contributed by atoms with van der Waals surface area (Å²) in [7, 11) is 1.30. The van der Waals surface area contributed by atoms with Crippen LogP contribution in [0.4, 0.5) is 0 Å². The van der Waals surface area contributed by atoms with E-state index < -0.39 is 12.0 Å². The predicted molar refractivity (Wildman–Crippen MR) is 60.2 cm³/mol. The fraction of sp³-hybridized carbons (Fsp3) is 0.333. The molecule has 1 heterocycles. The highest BCUT2D eigenvalue weighted by atomic mass is 35.5. The molecule has 1 aromatic heterocycles. The molecule has 1 aromatic rings. The van der Waals surface area contributed by atoms with Gasteiger partial charge in [-0.3, -0.25) is 9.78 Å². The summed E-state index contributed by atoms with van der Waals surface area (Å²) in [6, 6.07) is 2.76. The molecule has 6 heteroatoms. The van der Waals surface area contributed by atoms with Crippen molar-refractivity contribution in [1.29, 1.82) is 0 Å². The number of hydrogen-bond acceptors (Lipinski definition) is 4. The van der Waals surface area contributed by atoms with Crippen LogP contribution >= 0.6 is 24.0 Å². The number of aromatic nitrogens is 1. The van der Waals surface area contributed by atoms with Gasteiger partial charge >= 0.3 is 5.97 Å². The lowest BCUT2D eigenvalue weighted by molar-refractivity contribution is -0.142. The number of carbonyl (C=O) groups is 1. The summed E-state index contributed by atoms with van der Waals surface area (Å²) >= 11 is 5.65. The number of pyridine rings is 1. The van der Waals surface area contributed by atoms with Crippen molar-refractivity contribution in [2.75, 3.05) is 7.11 Å². The Labute approximate surface area is 99.2 Å². The van der Waals surface area contributed by atoms with Gasteiger partial charge in [-0.15, -0.1) is 12.4 Å². The molecule has 15 heavy (non-hydrogen) atoms. The molecule has 0 aliphatic carbocycles. The lowest BCUT2D eigenvalue weighted by Gasteiger charge is -2.07. The van der Waals surface area contributed by atoms with Crippen molar-refractivity contribution in [2.45, 2.75) is 12.5 Å². The Morgan fingerprint density at radius 2 is 2.33 bits per heavy atom. The van der Waals surface area contributed by atoms with E-state index in [1.165, 1.54) is 13.3 Å². The molecular formula is C9H12Cl2N2O2. The number of methoxy groups -OCH3 is 1. The molecule has 0 fully saturated rings. The van der Waals surface area contributed by atoms with Crippen LogP contribution in [0, 0.1) is 0 Å². The van der Waals surface area contributed by atoms with Crippen LogP contribution in [-0.2, 0) is 16.0 Å². The van der Waals surface area contributed by atoms with Gasteiger partial charge in [0.1, 0.15) is 6.04 Å². The zero-order valence-corrected chi connectivity index (χ0v) is 9.72. The molecule has 0 radical (unpaired) electrons. The van der Waals surface area contributed by atoms with Crippen LogP contribution in [0.3, 0.4) is 0 Å². The van der Waals surface area contributed by atoms with E-state index in [0.29, 0.717) is 17.1 Å². The smallest absolute Gasteiger partial charge is 0.323 e. The van der Waals surface area contributed by atoms with E-state index in [1.807, 2.05) is 0 Å². The summed E-state index contributed by atoms with van der Waals surface area (Å²) in [6.07, 6.45) is 1.87. The molecule has 2 N–H and O–H groups in total. The molecule has 0 bridgehead atoms. The molecule has 0 saturated heterocycles. The zero-order valence-electron chi connectivity index (χ0n) is 8.14. The molecule has 1 rings (SSSR count). The van der Waals surface area contributed by atoms with Crippen LogP contribution in [0.1, 0.15) is 5.69 Å². The lowest BCUT2D eigenvalue weighted by atomic mass is 10.1. The monoisotopic (exact) mass is 250 g/mol. The third-order valence-corrected chi connectivity index (χ3v) is 1.95. The van der Waals surface area contributed by atoms with Crippen LogP contribution in [0.5, 0.6) is 0 Å². The molecule has 4 nitrogen and oxygen atoms in total. The minimum Gasteiger partial charge on any atom is -0.468 e. The summed E-state index contributed by atoms with van der Waals surface area (Å²) < 4.78 is 4.49. The Morgan fingerprint density at radius 3 is 2.80 bits per heavy atom. The molecule has 0 aromatic carbocycles. The Kier molecular flexibility index (Phi) is 6.24. The van der Waals surface area contributed by atoms with Crippen molar-refractivity contribution in [3.8, 4) is 0 Å². The highest BCUT2D eigenvalue weighted by Crippen LogP contribution is 2.07. The first kappa shape index (κ1) is 14.2. The van der Waals surface area contributed by atoms with E-state index in [4.69, 9.17) is 17.3 Å². The van der Waals surface area contributed by atoms with E-state index in [0.717, 1.165) is 0 Å². The van der Waals surface area contributed by atoms with Gasteiger partial charge in [-0.25, -0.2) is 0 Å². The van der Waals surface area contributed by atoms with Gasteiger partial charge in [-0.2, -0.15) is 0 Å². The lowest BCUT2D eigenvalue weighted by Crippen LogP contribution is -2.33. The topological polar surface area (TPSA) is 65.2 Å². The van der Waals surface area contributed by atoms with Gasteiger partial charge < -0.3 is 10.5 Å². The highest BCUT2D eigenvalue weighted by Gasteiger charge is 2.14. The van der Waals surface area contributed by atoms with E-state index in [9.17, 15) is 4.79 Å². The van der Waals surface area contributed by atoms with Crippen LogP contribution in [0.25, 0.3) is 0 Å². The summed E-state index contributed by atoms with van der Waals surface area (Å²) in [5, 5.41) is 0.556. The van der Waals surface area contributed by atoms with Gasteiger partial charge in [-0.1, -0.05) is 11.6 Å². The number of halogens is 2. The van der Waals surface area contributed by atoms with Gasteiger partial charge in [0, 0.05) is 18.3 Å². The molecule has 0 aliphatic rings. The molecule has 84 valence electrons. The number of hydrogen-bond donors (Lipinski definition) is 1. The standard InChI is InChI=1S/C9H11ClN2O2.ClH/c1-14-9(13)8(11)4-7-3-2-6(10)5-12-7;/h2-3,5,8H,4,11H2,1H3;1H. The summed E-state index contributed by atoms with van der Waals surface area (Å²) in [5.74, 6) is -0.443. The molecule has 0 saturated carbocycles. The van der Waals surface area contributed by atoms with Crippen LogP contribution in [0.15, 0.2) is 18.3 Å². The Balaban J connectivity index is 0.00000196. The fourth-order valence-corrected chi connectivity index (χ4v) is 1.10. The van der Waals surface area contributed by atoms with Crippen LogP contribution < -0.4 is 5.73 Å². The van der Waals surface area contributed by atoms with Crippen molar-refractivity contribution in [2.24, 2.45) is 5.73 Å². The zero-order chi connectivity index (χ0) is 10.6. The van der Waals surface area contributed by atoms with Crippen LogP contribution in [0.2, 0.25) is 5.02 Å². The highest BCUT2D eigenvalue weighted by molar-refractivity contribution is 6.30. The maximum Gasteiger partial charge on any atom is 0.323 e. The number of carbonyl (C=O) groups excluding carboxylic acids is 1. The predicted octanol–water partition coefficient (Wildman–Crippen LogP) is 1.20. The quantitative estimate of drug-likeness (QED) is 0.820. The Hall–Kier alpha value is -0.840. The normalized spacial score (nSPS) is 11.4. The van der Waals surface area contributed by atoms with Gasteiger partial charge in [0.15, 0.2) is 0 Å². The number of rotatable bonds is 3. The minimum atomic E-state index is -0.673. The maximum atomic E-state index is 11.0. The number of nitrogens with two attached hydrogens (primary N) is 1. The summed E-state index contributed by atoms with van der Waals surface area (Å²) in [5.41, 5.74) is 6.27. The van der Waals surface area contributed by atoms with Gasteiger partial charge in [0.2, 0.25) is 0 Å². The molecule has 0 spiro atoms. The Morgan fingerprint density at radius 1 is 1.67 bits per heavy atom. The third kappa shape index (κ3) is 4.46. The summed E-state index contributed by atoms with van der Waals surface area (Å²) in [4.78, 5) is 15.0. The molecule has 1 atom stereocenters. The second-order valence-corrected chi connectivity index (χ2v) is 3.24. The van der Waals surface area contributed by atoms with Gasteiger partial charge in [0.25, 0.3) is 0 Å². The molecule has 0 aliphatic heterocycles. The second kappa shape index (κ2) is 6.61. The largest absolute Gasteiger partial charge is 0.468 e. The van der Waals surface area contributed by atoms with Crippen molar-refractivity contribution in [1.82, 2.24) is 4.98 Å². The molecular weight excluding hydrogens is 239 g/mol. The van der Waals surface area contributed by atoms with Crippen molar-refractivity contribution in [3.63, 3.8) is 0 Å². The molecule has 0 amide bonds. The van der Waals surface area contributed by atoms with Crippen molar-refractivity contribution in [3.05, 3.63) is 29.0 Å². The van der Waals surface area contributed by atoms with Crippen molar-refractivity contribution >= 4 is 30.0 Å². The van der Waals surface area contributed by atoms with Crippen molar-refractivity contribution < 1.29 is 9.53 Å². The summed E-state index contributed by atoms with van der Waals surface area (Å²) in [6.45, 7) is 0. The van der Waals surface area contributed by atoms with Gasteiger partial charge in [0.05, 0.1) is 12.1 Å². The van der Waals surface area contributed by atoms with E-state index in [2.05, 4.69) is 9.72 Å². The molecule has 1 unspecified atom stereocenters. The number of ether oxygens (including phenoxy) is 1. The third-order valence-electron chi connectivity index (χ3n) is 1.72. The average molecular weight is 251 g/mol. The first-order valence-electron chi connectivity index (χ1n) is 4.07. The van der Waals surface area contributed by atoms with Gasteiger partial charge in [-0.05, 0) is 12.1 Å². The fourth-order valence-electron chi connectivity index (χ4n) is 0.987. The minimum absolute atomic E-state index is 0. The van der Waals surface area contributed by atoms with E-state index in [1.54, 1.807) is 12.1 Å². The van der Waals surface area contributed by atoms with E-state index in [-0.39, 0.29) is 12.4 Å². The SMILES string of the molecule is COC(=O)C(N)Cc1ccc(Cl)cn1.Cl. The average Bonchev–Trinajstić information content (AvgIpc) is 2.20. The van der Waals surface area contributed by atoms with E-state index >= 15 is 0 Å². The number of esters is 1.